The predicted molar refractivity (Wildman–Crippen MR) is 63.3 cm³/mol. The van der Waals surface area contributed by atoms with Gasteiger partial charge in [-0.25, -0.2) is 14.4 Å². The number of esters is 1. The normalized spacial score (nSPS) is 15.8. The zero-order chi connectivity index (χ0) is 14.5. The molecule has 0 atom stereocenters. The van der Waals surface area contributed by atoms with Crippen molar-refractivity contribution in [2.75, 3.05) is 26.4 Å². The molecule has 0 bridgehead atoms. The van der Waals surface area contributed by atoms with Crippen LogP contribution < -0.4 is 5.32 Å². The molecular weight excluding hydrogens is 256 g/mol. The predicted octanol–water partition coefficient (Wildman–Crippen LogP) is -0.218. The smallest absolute Gasteiger partial charge is 0.417 e. The fraction of sp³-hybridized carbons (Fsp3) is 0.727. The number of carbonyl (C=O) groups excluding carboxylic acids is 2. The molecule has 2 N–H and O–H groups in total. The van der Waals surface area contributed by atoms with E-state index in [4.69, 9.17) is 9.84 Å². The van der Waals surface area contributed by atoms with Gasteiger partial charge in [-0.2, -0.15) is 0 Å². The Labute approximate surface area is 110 Å². The van der Waals surface area contributed by atoms with E-state index in [1.165, 1.54) is 18.7 Å². The Bertz CT molecular complexity index is 362. The van der Waals surface area contributed by atoms with Crippen LogP contribution >= 0.6 is 0 Å². The average Bonchev–Trinajstić information content (AvgIpc) is 2.36. The van der Waals surface area contributed by atoms with Gasteiger partial charge in [0, 0.05) is 6.54 Å². The van der Waals surface area contributed by atoms with Crippen molar-refractivity contribution in [2.24, 2.45) is 0 Å². The maximum atomic E-state index is 11.8. The van der Waals surface area contributed by atoms with Crippen LogP contribution in [0.4, 0.5) is 4.79 Å². The van der Waals surface area contributed by atoms with Gasteiger partial charge in [0.25, 0.3) is 0 Å². The Kier molecular flexibility index (Phi) is 5.11. The van der Waals surface area contributed by atoms with Crippen LogP contribution in [0.5, 0.6) is 0 Å². The number of hydrogen-bond acceptors (Lipinski definition) is 6. The van der Waals surface area contributed by atoms with Crippen LogP contribution in [-0.4, -0.2) is 60.0 Å². The highest BCUT2D eigenvalue weighted by Gasteiger charge is 2.29. The third-order valence-corrected chi connectivity index (χ3v) is 2.43. The number of amides is 1. The van der Waals surface area contributed by atoms with Crippen molar-refractivity contribution >= 4 is 18.0 Å². The lowest BCUT2D eigenvalue weighted by Crippen LogP contribution is -2.48. The molecule has 1 aliphatic heterocycles. The number of nitrogens with zero attached hydrogens (tertiary/aromatic N) is 1. The molecular formula is C11H18N2O6. The van der Waals surface area contributed by atoms with Gasteiger partial charge in [0.05, 0.1) is 6.67 Å². The van der Waals surface area contributed by atoms with Gasteiger partial charge in [0.1, 0.15) is 12.2 Å². The van der Waals surface area contributed by atoms with E-state index in [9.17, 15) is 14.4 Å². The van der Waals surface area contributed by atoms with Gasteiger partial charge in [-0.15, -0.1) is 0 Å². The summed E-state index contributed by atoms with van der Waals surface area (Å²) in [6, 6.07) is 0. The van der Waals surface area contributed by atoms with Gasteiger partial charge in [-0.1, -0.05) is 0 Å². The van der Waals surface area contributed by atoms with Crippen LogP contribution in [0.15, 0.2) is 0 Å². The summed E-state index contributed by atoms with van der Waals surface area (Å²) in [5, 5.41) is 11.4. The van der Waals surface area contributed by atoms with Crippen molar-refractivity contribution in [3.8, 4) is 0 Å². The zero-order valence-corrected chi connectivity index (χ0v) is 11.0. The SMILES string of the molecule is CC(C)(COC(=O)C(=O)O)OC(=O)N1CCCNC1. The van der Waals surface area contributed by atoms with Crippen molar-refractivity contribution in [3.05, 3.63) is 0 Å². The van der Waals surface area contributed by atoms with Crippen LogP contribution in [0.1, 0.15) is 20.3 Å². The van der Waals surface area contributed by atoms with E-state index in [1.807, 2.05) is 0 Å². The topological polar surface area (TPSA) is 105 Å². The van der Waals surface area contributed by atoms with E-state index in [-0.39, 0.29) is 6.61 Å². The maximum Gasteiger partial charge on any atom is 0.417 e. The van der Waals surface area contributed by atoms with Crippen molar-refractivity contribution in [1.82, 2.24) is 10.2 Å². The number of hydrogen-bond donors (Lipinski definition) is 2. The van der Waals surface area contributed by atoms with Gasteiger partial charge < -0.3 is 14.6 Å². The number of nitrogens with one attached hydrogen (secondary N) is 1. The minimum absolute atomic E-state index is 0.314. The van der Waals surface area contributed by atoms with Gasteiger partial charge in [0.15, 0.2) is 0 Å². The highest BCUT2D eigenvalue weighted by atomic mass is 16.6. The molecule has 1 aliphatic rings. The summed E-state index contributed by atoms with van der Waals surface area (Å²) in [5.41, 5.74) is -1.08. The molecule has 8 heteroatoms. The third-order valence-electron chi connectivity index (χ3n) is 2.43. The number of ether oxygens (including phenoxy) is 2. The van der Waals surface area contributed by atoms with Gasteiger partial charge in [0.2, 0.25) is 0 Å². The molecule has 0 saturated carbocycles. The van der Waals surface area contributed by atoms with Crippen LogP contribution in [0, 0.1) is 0 Å². The molecule has 0 unspecified atom stereocenters. The summed E-state index contributed by atoms with van der Waals surface area (Å²) in [7, 11) is 0. The van der Waals surface area contributed by atoms with Crippen molar-refractivity contribution < 1.29 is 29.0 Å². The minimum Gasteiger partial charge on any atom is -0.473 e. The number of carboxylic acid groups (broad SMARTS) is 1. The van der Waals surface area contributed by atoms with Crippen LogP contribution in [0.2, 0.25) is 0 Å². The Hall–Kier alpha value is -1.83. The second kappa shape index (κ2) is 6.37. The highest BCUT2D eigenvalue weighted by Crippen LogP contribution is 2.13. The zero-order valence-electron chi connectivity index (χ0n) is 11.0. The first-order valence-corrected chi connectivity index (χ1v) is 5.90. The first-order chi connectivity index (χ1) is 8.82. The maximum absolute atomic E-state index is 11.8. The molecule has 1 saturated heterocycles. The molecule has 1 heterocycles. The molecule has 0 aromatic rings. The molecule has 0 aromatic carbocycles. The Morgan fingerprint density at radius 1 is 1.37 bits per heavy atom. The van der Waals surface area contributed by atoms with Crippen molar-refractivity contribution in [1.29, 1.82) is 0 Å². The standard InChI is InChI=1S/C11H18N2O6/c1-11(2,6-18-9(16)8(14)15)19-10(17)13-5-3-4-12-7-13/h12H,3-7H2,1-2H3,(H,14,15). The largest absolute Gasteiger partial charge is 0.473 e. The first-order valence-electron chi connectivity index (χ1n) is 5.90. The van der Waals surface area contributed by atoms with Gasteiger partial charge in [-0.3, -0.25) is 10.2 Å². The molecule has 108 valence electrons. The van der Waals surface area contributed by atoms with Crippen molar-refractivity contribution in [2.45, 2.75) is 25.9 Å². The molecule has 0 aromatic heterocycles. The van der Waals surface area contributed by atoms with Crippen molar-refractivity contribution in [3.63, 3.8) is 0 Å². The van der Waals surface area contributed by atoms with Crippen LogP contribution in [-0.2, 0) is 19.1 Å². The molecule has 8 nitrogen and oxygen atoms in total. The molecule has 1 fully saturated rings. The van der Waals surface area contributed by atoms with E-state index in [0.29, 0.717) is 13.2 Å². The van der Waals surface area contributed by atoms with Gasteiger partial charge >= 0.3 is 18.0 Å². The Morgan fingerprint density at radius 2 is 2.05 bits per heavy atom. The lowest BCUT2D eigenvalue weighted by Gasteiger charge is -2.31. The summed E-state index contributed by atoms with van der Waals surface area (Å²) in [6.07, 6.45) is 0.312. The first kappa shape index (κ1) is 15.2. The van der Waals surface area contributed by atoms with E-state index in [1.54, 1.807) is 0 Å². The quantitative estimate of drug-likeness (QED) is 0.541. The van der Waals surface area contributed by atoms with E-state index in [0.717, 1.165) is 13.0 Å². The third kappa shape index (κ3) is 5.12. The number of carbonyl (C=O) groups is 3. The summed E-state index contributed by atoms with van der Waals surface area (Å²) >= 11 is 0. The second-order valence-corrected chi connectivity index (χ2v) is 4.78. The lowest BCUT2D eigenvalue weighted by atomic mass is 10.1. The van der Waals surface area contributed by atoms with Crippen LogP contribution in [0.25, 0.3) is 0 Å². The molecule has 0 radical (unpaired) electrons. The minimum atomic E-state index is -1.68. The highest BCUT2D eigenvalue weighted by molar-refractivity contribution is 6.28. The summed E-state index contributed by atoms with van der Waals surface area (Å²) in [6.45, 7) is 4.62. The van der Waals surface area contributed by atoms with E-state index >= 15 is 0 Å². The lowest BCUT2D eigenvalue weighted by molar-refractivity contribution is -0.167. The number of carboxylic acids is 1. The molecule has 1 rings (SSSR count). The molecule has 0 aliphatic carbocycles. The average molecular weight is 274 g/mol. The van der Waals surface area contributed by atoms with Gasteiger partial charge in [-0.05, 0) is 26.8 Å². The molecule has 19 heavy (non-hydrogen) atoms. The fourth-order valence-corrected chi connectivity index (χ4v) is 1.48. The summed E-state index contributed by atoms with van der Waals surface area (Å²) in [4.78, 5) is 34.4. The number of aliphatic carboxylic acids is 1. The Morgan fingerprint density at radius 3 is 2.58 bits per heavy atom. The van der Waals surface area contributed by atoms with E-state index < -0.39 is 23.6 Å². The Balaban J connectivity index is 2.42. The number of rotatable bonds is 3. The monoisotopic (exact) mass is 274 g/mol. The fourth-order valence-electron chi connectivity index (χ4n) is 1.48. The van der Waals surface area contributed by atoms with E-state index in [2.05, 4.69) is 10.1 Å². The summed E-state index contributed by atoms with van der Waals surface area (Å²) < 4.78 is 9.69. The molecule has 0 spiro atoms. The molecule has 1 amide bonds. The van der Waals surface area contributed by atoms with Crippen LogP contribution in [0.3, 0.4) is 0 Å². The second-order valence-electron chi connectivity index (χ2n) is 4.78. The summed E-state index contributed by atoms with van der Waals surface area (Å²) in [5.74, 6) is -3.05.